The van der Waals surface area contributed by atoms with Crippen molar-refractivity contribution in [3.63, 3.8) is 0 Å². The molecule has 16 heavy (non-hydrogen) atoms. The standard InChI is InChI=1S/C10H15N3O3/c1-4-16-9(14)7-12(2)10(15)8-5-6-11-13(8)3/h5-6H,4,7H2,1-3H3. The molecular weight excluding hydrogens is 210 g/mol. The first kappa shape index (κ1) is 12.2. The summed E-state index contributed by atoms with van der Waals surface area (Å²) in [6.45, 7) is 1.98. The average Bonchev–Trinajstić information content (AvgIpc) is 2.63. The van der Waals surface area contributed by atoms with E-state index in [1.165, 1.54) is 15.8 Å². The van der Waals surface area contributed by atoms with Crippen LogP contribution < -0.4 is 0 Å². The van der Waals surface area contributed by atoms with Crippen LogP contribution in [0.3, 0.4) is 0 Å². The Hall–Kier alpha value is -1.85. The Balaban J connectivity index is 2.61. The third kappa shape index (κ3) is 2.82. The number of likely N-dealkylation sites (N-methyl/N-ethyl adjacent to an activating group) is 1. The van der Waals surface area contributed by atoms with Crippen LogP contribution in [-0.4, -0.2) is 46.8 Å². The van der Waals surface area contributed by atoms with Gasteiger partial charge in [0.15, 0.2) is 0 Å². The van der Waals surface area contributed by atoms with Crippen LogP contribution in [0.15, 0.2) is 12.3 Å². The van der Waals surface area contributed by atoms with E-state index in [9.17, 15) is 9.59 Å². The quantitative estimate of drug-likeness (QED) is 0.679. The maximum absolute atomic E-state index is 11.8. The second kappa shape index (κ2) is 5.29. The number of nitrogens with zero attached hydrogens (tertiary/aromatic N) is 3. The molecule has 0 spiro atoms. The number of carbonyl (C=O) groups excluding carboxylic acids is 2. The largest absolute Gasteiger partial charge is 0.465 e. The highest BCUT2D eigenvalue weighted by atomic mass is 16.5. The number of carbonyl (C=O) groups is 2. The van der Waals surface area contributed by atoms with Gasteiger partial charge in [0.25, 0.3) is 5.91 Å². The Kier molecular flexibility index (Phi) is 4.04. The number of amides is 1. The minimum absolute atomic E-state index is 0.0577. The van der Waals surface area contributed by atoms with E-state index in [0.29, 0.717) is 12.3 Å². The molecule has 0 radical (unpaired) electrons. The van der Waals surface area contributed by atoms with E-state index in [0.717, 1.165) is 0 Å². The van der Waals surface area contributed by atoms with Gasteiger partial charge in [-0.05, 0) is 13.0 Å². The molecule has 0 atom stereocenters. The van der Waals surface area contributed by atoms with E-state index in [1.807, 2.05) is 0 Å². The highest BCUT2D eigenvalue weighted by molar-refractivity contribution is 5.94. The van der Waals surface area contributed by atoms with E-state index in [-0.39, 0.29) is 12.5 Å². The molecule has 1 heterocycles. The molecule has 0 N–H and O–H groups in total. The van der Waals surface area contributed by atoms with E-state index < -0.39 is 5.97 Å². The molecule has 0 aliphatic rings. The van der Waals surface area contributed by atoms with Crippen LogP contribution in [0.5, 0.6) is 0 Å². The molecule has 0 aromatic carbocycles. The summed E-state index contributed by atoms with van der Waals surface area (Å²) < 4.78 is 6.22. The highest BCUT2D eigenvalue weighted by Gasteiger charge is 2.17. The summed E-state index contributed by atoms with van der Waals surface area (Å²) >= 11 is 0. The molecule has 0 saturated heterocycles. The number of aryl methyl sites for hydroxylation is 1. The monoisotopic (exact) mass is 225 g/mol. The Morgan fingerprint density at radius 2 is 2.25 bits per heavy atom. The van der Waals surface area contributed by atoms with Crippen molar-refractivity contribution in [2.75, 3.05) is 20.2 Å². The molecule has 0 fully saturated rings. The van der Waals surface area contributed by atoms with Crippen molar-refractivity contribution < 1.29 is 14.3 Å². The van der Waals surface area contributed by atoms with Crippen LogP contribution in [0.25, 0.3) is 0 Å². The van der Waals surface area contributed by atoms with Gasteiger partial charge in [0, 0.05) is 20.3 Å². The third-order valence-corrected chi connectivity index (χ3v) is 2.06. The van der Waals surface area contributed by atoms with E-state index in [4.69, 9.17) is 4.74 Å². The van der Waals surface area contributed by atoms with Crippen molar-refractivity contribution >= 4 is 11.9 Å². The first-order valence-corrected chi connectivity index (χ1v) is 4.95. The van der Waals surface area contributed by atoms with Crippen LogP contribution in [0.2, 0.25) is 0 Å². The van der Waals surface area contributed by atoms with Crippen LogP contribution in [-0.2, 0) is 16.6 Å². The Labute approximate surface area is 93.8 Å². The summed E-state index contributed by atoms with van der Waals surface area (Å²) in [4.78, 5) is 24.3. The average molecular weight is 225 g/mol. The minimum atomic E-state index is -0.416. The molecule has 0 aliphatic heterocycles. The van der Waals surface area contributed by atoms with Gasteiger partial charge in [0.2, 0.25) is 0 Å². The lowest BCUT2D eigenvalue weighted by Gasteiger charge is -2.15. The first-order chi connectivity index (χ1) is 7.56. The maximum Gasteiger partial charge on any atom is 0.325 e. The Morgan fingerprint density at radius 3 is 2.75 bits per heavy atom. The van der Waals surface area contributed by atoms with Crippen molar-refractivity contribution in [3.8, 4) is 0 Å². The fourth-order valence-electron chi connectivity index (χ4n) is 1.25. The zero-order valence-electron chi connectivity index (χ0n) is 9.64. The molecule has 1 aromatic rings. The van der Waals surface area contributed by atoms with Crippen molar-refractivity contribution in [2.45, 2.75) is 6.92 Å². The van der Waals surface area contributed by atoms with Gasteiger partial charge < -0.3 is 9.64 Å². The molecule has 0 bridgehead atoms. The van der Waals surface area contributed by atoms with Crippen LogP contribution in [0.1, 0.15) is 17.4 Å². The number of hydrogen-bond donors (Lipinski definition) is 0. The number of rotatable bonds is 4. The summed E-state index contributed by atoms with van der Waals surface area (Å²) in [5.74, 6) is -0.673. The summed E-state index contributed by atoms with van der Waals surface area (Å²) in [6, 6.07) is 1.60. The number of aromatic nitrogens is 2. The molecule has 88 valence electrons. The van der Waals surface area contributed by atoms with Gasteiger partial charge in [-0.1, -0.05) is 0 Å². The normalized spacial score (nSPS) is 9.94. The third-order valence-electron chi connectivity index (χ3n) is 2.06. The van der Waals surface area contributed by atoms with Crippen LogP contribution in [0, 0.1) is 0 Å². The van der Waals surface area contributed by atoms with Gasteiger partial charge in [-0.2, -0.15) is 5.10 Å². The number of hydrogen-bond acceptors (Lipinski definition) is 4. The lowest BCUT2D eigenvalue weighted by molar-refractivity contribution is -0.143. The molecule has 0 unspecified atom stereocenters. The van der Waals surface area contributed by atoms with Gasteiger partial charge in [0.1, 0.15) is 12.2 Å². The minimum Gasteiger partial charge on any atom is -0.465 e. The van der Waals surface area contributed by atoms with E-state index in [2.05, 4.69) is 5.10 Å². The second-order valence-electron chi connectivity index (χ2n) is 3.31. The van der Waals surface area contributed by atoms with E-state index >= 15 is 0 Å². The van der Waals surface area contributed by atoms with Gasteiger partial charge in [-0.25, -0.2) is 0 Å². The summed E-state index contributed by atoms with van der Waals surface area (Å²) in [6.07, 6.45) is 1.53. The summed E-state index contributed by atoms with van der Waals surface area (Å²) in [5, 5.41) is 3.89. The van der Waals surface area contributed by atoms with Crippen molar-refractivity contribution in [2.24, 2.45) is 7.05 Å². The molecule has 1 rings (SSSR count). The fraction of sp³-hybridized carbons (Fsp3) is 0.500. The van der Waals surface area contributed by atoms with Crippen LogP contribution >= 0.6 is 0 Å². The molecule has 0 aliphatic carbocycles. The number of esters is 1. The SMILES string of the molecule is CCOC(=O)CN(C)C(=O)c1ccnn1C. The summed E-state index contributed by atoms with van der Waals surface area (Å²) in [5.41, 5.74) is 0.437. The second-order valence-corrected chi connectivity index (χ2v) is 3.31. The zero-order chi connectivity index (χ0) is 12.1. The van der Waals surface area contributed by atoms with Gasteiger partial charge in [-0.15, -0.1) is 0 Å². The van der Waals surface area contributed by atoms with Crippen molar-refractivity contribution in [3.05, 3.63) is 18.0 Å². The van der Waals surface area contributed by atoms with Gasteiger partial charge in [0.05, 0.1) is 6.61 Å². The van der Waals surface area contributed by atoms with Crippen molar-refractivity contribution in [1.82, 2.24) is 14.7 Å². The first-order valence-electron chi connectivity index (χ1n) is 4.95. The molecule has 6 nitrogen and oxygen atoms in total. The molecule has 1 amide bonds. The van der Waals surface area contributed by atoms with E-state index in [1.54, 1.807) is 27.1 Å². The summed E-state index contributed by atoms with van der Waals surface area (Å²) in [7, 11) is 3.22. The molecule has 1 aromatic heterocycles. The predicted octanol–water partition coefficient (Wildman–Crippen LogP) is 0.0552. The van der Waals surface area contributed by atoms with Gasteiger partial charge in [-0.3, -0.25) is 14.3 Å². The van der Waals surface area contributed by atoms with Crippen molar-refractivity contribution in [1.29, 1.82) is 0 Å². The lowest BCUT2D eigenvalue weighted by atomic mass is 10.3. The maximum atomic E-state index is 11.8. The fourth-order valence-corrected chi connectivity index (χ4v) is 1.25. The smallest absolute Gasteiger partial charge is 0.325 e. The topological polar surface area (TPSA) is 64.4 Å². The van der Waals surface area contributed by atoms with Crippen LogP contribution in [0.4, 0.5) is 0 Å². The molecule has 0 saturated carbocycles. The Morgan fingerprint density at radius 1 is 1.56 bits per heavy atom. The molecular formula is C10H15N3O3. The zero-order valence-corrected chi connectivity index (χ0v) is 9.64. The van der Waals surface area contributed by atoms with Gasteiger partial charge >= 0.3 is 5.97 Å². The highest BCUT2D eigenvalue weighted by Crippen LogP contribution is 2.01. The number of ether oxygens (including phenoxy) is 1. The molecule has 6 heteroatoms. The Bertz CT molecular complexity index is 386. The lowest BCUT2D eigenvalue weighted by Crippen LogP contribution is -2.34. The predicted molar refractivity (Wildman–Crippen MR) is 56.8 cm³/mol.